The van der Waals surface area contributed by atoms with Gasteiger partial charge in [-0.25, -0.2) is 4.68 Å². The monoisotopic (exact) mass is 360 g/mol. The van der Waals surface area contributed by atoms with Crippen LogP contribution < -0.4 is 9.47 Å². The third-order valence-electron chi connectivity index (χ3n) is 3.07. The lowest BCUT2D eigenvalue weighted by molar-refractivity contribution is 0.306. The highest BCUT2D eigenvalue weighted by Gasteiger charge is 2.03. The zero-order chi connectivity index (χ0) is 15.4. The first-order chi connectivity index (χ1) is 10.8. The van der Waals surface area contributed by atoms with Gasteiger partial charge < -0.3 is 9.47 Å². The van der Waals surface area contributed by atoms with E-state index in [1.165, 1.54) is 0 Å². The molecule has 0 saturated heterocycles. The minimum absolute atomic E-state index is 0.479. The smallest absolute Gasteiger partial charge is 0.143 e. The molecule has 7 heteroatoms. The fourth-order valence-electron chi connectivity index (χ4n) is 1.94. The number of hydrogen-bond acceptors (Lipinski definition) is 5. The molecule has 0 amide bonds. The first-order valence-electron chi connectivity index (χ1n) is 6.55. The molecule has 112 valence electrons. The second-order valence-corrected chi connectivity index (χ2v) is 5.36. The Kier molecular flexibility index (Phi) is 4.34. The molecular weight excluding hydrogens is 348 g/mol. The Morgan fingerprint density at radius 1 is 1.14 bits per heavy atom. The Morgan fingerprint density at radius 2 is 1.95 bits per heavy atom. The normalized spacial score (nSPS) is 10.5. The Hall–Kier alpha value is -2.41. The third kappa shape index (κ3) is 3.25. The van der Waals surface area contributed by atoms with Crippen molar-refractivity contribution in [2.45, 2.75) is 6.61 Å². The van der Waals surface area contributed by atoms with Gasteiger partial charge in [0.05, 0.1) is 17.3 Å². The van der Waals surface area contributed by atoms with Crippen LogP contribution in [0.2, 0.25) is 0 Å². The number of tetrazole rings is 1. The molecule has 3 aromatic rings. The van der Waals surface area contributed by atoms with Crippen molar-refractivity contribution in [1.82, 2.24) is 20.2 Å². The van der Waals surface area contributed by atoms with Gasteiger partial charge in [-0.05, 0) is 68.3 Å². The average molecular weight is 361 g/mol. The van der Waals surface area contributed by atoms with E-state index in [9.17, 15) is 0 Å². The Morgan fingerprint density at radius 3 is 2.59 bits per heavy atom. The summed E-state index contributed by atoms with van der Waals surface area (Å²) in [6, 6.07) is 13.4. The highest BCUT2D eigenvalue weighted by molar-refractivity contribution is 9.10. The van der Waals surface area contributed by atoms with Crippen molar-refractivity contribution < 1.29 is 9.47 Å². The number of halogens is 1. The fraction of sp³-hybridized carbons (Fsp3) is 0.133. The van der Waals surface area contributed by atoms with Crippen LogP contribution in [0, 0.1) is 0 Å². The van der Waals surface area contributed by atoms with Crippen LogP contribution in [0.15, 0.2) is 53.3 Å². The topological polar surface area (TPSA) is 62.1 Å². The third-order valence-corrected chi connectivity index (χ3v) is 3.69. The van der Waals surface area contributed by atoms with Gasteiger partial charge in [0.2, 0.25) is 0 Å². The van der Waals surface area contributed by atoms with Crippen LogP contribution in [0.3, 0.4) is 0 Å². The molecule has 22 heavy (non-hydrogen) atoms. The number of hydrogen-bond donors (Lipinski definition) is 0. The molecule has 2 aromatic carbocycles. The molecular formula is C15H13BrN4O2. The number of ether oxygens (including phenoxy) is 2. The maximum Gasteiger partial charge on any atom is 0.143 e. The Labute approximate surface area is 135 Å². The van der Waals surface area contributed by atoms with E-state index in [1.54, 1.807) is 18.1 Å². The van der Waals surface area contributed by atoms with Crippen molar-refractivity contribution in [3.8, 4) is 17.2 Å². The summed E-state index contributed by atoms with van der Waals surface area (Å²) in [5, 5.41) is 11.0. The molecule has 0 aliphatic rings. The van der Waals surface area contributed by atoms with Gasteiger partial charge in [-0.15, -0.1) is 5.10 Å². The van der Waals surface area contributed by atoms with Gasteiger partial charge in [-0.3, -0.25) is 0 Å². The highest BCUT2D eigenvalue weighted by atomic mass is 79.9. The van der Waals surface area contributed by atoms with E-state index < -0.39 is 0 Å². The number of rotatable bonds is 5. The molecule has 0 bridgehead atoms. The summed E-state index contributed by atoms with van der Waals surface area (Å²) in [5.41, 5.74) is 1.93. The summed E-state index contributed by atoms with van der Waals surface area (Å²) in [6.45, 7) is 0.479. The Balaban J connectivity index is 1.65. The van der Waals surface area contributed by atoms with E-state index in [4.69, 9.17) is 9.47 Å². The van der Waals surface area contributed by atoms with E-state index in [0.29, 0.717) is 6.61 Å². The first kappa shape index (κ1) is 14.5. The van der Waals surface area contributed by atoms with Crippen molar-refractivity contribution in [3.05, 3.63) is 58.8 Å². The lowest BCUT2D eigenvalue weighted by Crippen LogP contribution is -1.98. The van der Waals surface area contributed by atoms with Gasteiger partial charge >= 0.3 is 0 Å². The predicted molar refractivity (Wildman–Crippen MR) is 84.2 cm³/mol. The first-order valence-corrected chi connectivity index (χ1v) is 7.34. The fourth-order valence-corrected chi connectivity index (χ4v) is 2.53. The van der Waals surface area contributed by atoms with E-state index >= 15 is 0 Å². The van der Waals surface area contributed by atoms with Gasteiger partial charge in [-0.1, -0.05) is 6.07 Å². The van der Waals surface area contributed by atoms with Crippen LogP contribution in [0.5, 0.6) is 11.5 Å². The quantitative estimate of drug-likeness (QED) is 0.699. The van der Waals surface area contributed by atoms with Crippen LogP contribution in [0.1, 0.15) is 5.56 Å². The molecule has 1 heterocycles. The second-order valence-electron chi connectivity index (χ2n) is 4.51. The van der Waals surface area contributed by atoms with E-state index in [-0.39, 0.29) is 0 Å². The van der Waals surface area contributed by atoms with Crippen molar-refractivity contribution in [3.63, 3.8) is 0 Å². The number of aromatic nitrogens is 4. The maximum atomic E-state index is 5.77. The van der Waals surface area contributed by atoms with Crippen LogP contribution in [0.25, 0.3) is 5.69 Å². The largest absolute Gasteiger partial charge is 0.496 e. The molecule has 1 aromatic heterocycles. The van der Waals surface area contributed by atoms with Gasteiger partial charge in [0.15, 0.2) is 0 Å². The summed E-state index contributed by atoms with van der Waals surface area (Å²) >= 11 is 3.46. The van der Waals surface area contributed by atoms with E-state index in [2.05, 4.69) is 31.5 Å². The summed E-state index contributed by atoms with van der Waals surface area (Å²) in [6.07, 6.45) is 1.55. The minimum atomic E-state index is 0.479. The van der Waals surface area contributed by atoms with Gasteiger partial charge in [0.25, 0.3) is 0 Å². The number of methoxy groups -OCH3 is 1. The maximum absolute atomic E-state index is 5.77. The van der Waals surface area contributed by atoms with Crippen molar-refractivity contribution in [1.29, 1.82) is 0 Å². The van der Waals surface area contributed by atoms with Crippen molar-refractivity contribution in [2.75, 3.05) is 7.11 Å². The van der Waals surface area contributed by atoms with Crippen molar-refractivity contribution >= 4 is 15.9 Å². The summed E-state index contributed by atoms with van der Waals surface area (Å²) in [5.74, 6) is 1.58. The highest BCUT2D eigenvalue weighted by Crippen LogP contribution is 2.26. The molecule has 0 unspecified atom stereocenters. The number of benzene rings is 2. The van der Waals surface area contributed by atoms with Gasteiger partial charge in [-0.2, -0.15) is 0 Å². The molecule has 0 N–H and O–H groups in total. The van der Waals surface area contributed by atoms with Gasteiger partial charge in [0, 0.05) is 0 Å². The lowest BCUT2D eigenvalue weighted by Gasteiger charge is -2.09. The molecule has 0 fully saturated rings. The zero-order valence-electron chi connectivity index (χ0n) is 11.8. The van der Waals surface area contributed by atoms with Crippen LogP contribution in [-0.2, 0) is 6.61 Å². The van der Waals surface area contributed by atoms with Crippen LogP contribution in [0.4, 0.5) is 0 Å². The molecule has 0 saturated carbocycles. The predicted octanol–water partition coefficient (Wildman–Crippen LogP) is 3.01. The van der Waals surface area contributed by atoms with E-state index in [0.717, 1.165) is 27.2 Å². The second kappa shape index (κ2) is 6.57. The molecule has 0 spiro atoms. The summed E-state index contributed by atoms with van der Waals surface area (Å²) < 4.78 is 13.5. The molecule has 6 nitrogen and oxygen atoms in total. The van der Waals surface area contributed by atoms with Crippen LogP contribution in [-0.4, -0.2) is 27.3 Å². The van der Waals surface area contributed by atoms with Gasteiger partial charge in [0.1, 0.15) is 24.4 Å². The average Bonchev–Trinajstić information content (AvgIpc) is 3.08. The lowest BCUT2D eigenvalue weighted by atomic mass is 10.2. The van der Waals surface area contributed by atoms with Crippen molar-refractivity contribution in [2.24, 2.45) is 0 Å². The van der Waals surface area contributed by atoms with Crippen LogP contribution >= 0.6 is 15.9 Å². The molecule has 0 atom stereocenters. The summed E-state index contributed by atoms with van der Waals surface area (Å²) in [4.78, 5) is 0. The minimum Gasteiger partial charge on any atom is -0.496 e. The van der Waals surface area contributed by atoms with E-state index in [1.807, 2.05) is 42.5 Å². The molecule has 0 radical (unpaired) electrons. The molecule has 3 rings (SSSR count). The standard InChI is InChI=1S/C15H13BrN4O2/c1-21-15-7-2-11(8-14(15)16)9-22-13-5-3-12(4-6-13)20-10-17-18-19-20/h2-8,10H,9H2,1H3. The molecule has 0 aliphatic heterocycles. The molecule has 0 aliphatic carbocycles. The SMILES string of the molecule is COc1ccc(COc2ccc(-n3cnnn3)cc2)cc1Br. The zero-order valence-corrected chi connectivity index (χ0v) is 13.4. The summed E-state index contributed by atoms with van der Waals surface area (Å²) in [7, 11) is 1.64. The Bertz CT molecular complexity index is 745. The number of nitrogens with zero attached hydrogens (tertiary/aromatic N) is 4.